The second-order valence-electron chi connectivity index (χ2n) is 5.38. The molecule has 0 aromatic carbocycles. The van der Waals surface area contributed by atoms with E-state index in [0.29, 0.717) is 32.5 Å². The third-order valence-corrected chi connectivity index (χ3v) is 5.92. The van der Waals surface area contributed by atoms with Gasteiger partial charge in [0.25, 0.3) is 0 Å². The Bertz CT molecular complexity index is 247. The Hall–Kier alpha value is -0.433. The van der Waals surface area contributed by atoms with E-state index in [2.05, 4.69) is 20.8 Å². The van der Waals surface area contributed by atoms with Gasteiger partial charge in [-0.2, -0.15) is 0 Å². The van der Waals surface area contributed by atoms with Crippen LogP contribution in [0.1, 0.15) is 66.2 Å². The van der Waals surface area contributed by atoms with Crippen LogP contribution in [0, 0.1) is 0 Å². The summed E-state index contributed by atoms with van der Waals surface area (Å²) in [5.74, 6) is -0.279. The van der Waals surface area contributed by atoms with Crippen molar-refractivity contribution < 1.29 is 22.8 Å². The van der Waals surface area contributed by atoms with Crippen LogP contribution in [0.5, 0.6) is 0 Å². The molecule has 0 atom stereocenters. The summed E-state index contributed by atoms with van der Waals surface area (Å²) in [5.41, 5.74) is 0. The highest BCUT2D eigenvalue weighted by molar-refractivity contribution is 6.60. The van der Waals surface area contributed by atoms with Crippen molar-refractivity contribution in [2.75, 3.05) is 26.4 Å². The van der Waals surface area contributed by atoms with Crippen LogP contribution in [-0.2, 0) is 22.8 Å². The lowest BCUT2D eigenvalue weighted by molar-refractivity contribution is -0.140. The lowest BCUT2D eigenvalue weighted by atomic mass is 10.4. The maximum atomic E-state index is 11.0. The minimum Gasteiger partial charge on any atom is -0.466 e. The molecule has 0 radical (unpaired) electrons. The first-order valence-electron chi connectivity index (χ1n) is 8.65. The molecule has 0 aromatic rings. The summed E-state index contributed by atoms with van der Waals surface area (Å²) in [6.45, 7) is 10.0. The molecule has 6 heteroatoms. The molecule has 0 unspecified atom stereocenters. The summed E-state index contributed by atoms with van der Waals surface area (Å²) >= 11 is 0. The van der Waals surface area contributed by atoms with Crippen LogP contribution in [0.25, 0.3) is 0 Å². The van der Waals surface area contributed by atoms with E-state index < -0.39 is 8.80 Å². The molecule has 132 valence electrons. The van der Waals surface area contributed by atoms with Gasteiger partial charge in [-0.1, -0.05) is 40.0 Å². The van der Waals surface area contributed by atoms with E-state index in [4.69, 9.17) is 18.0 Å². The third kappa shape index (κ3) is 11.2. The molecule has 0 saturated heterocycles. The molecule has 0 N–H and O–H groups in total. The van der Waals surface area contributed by atoms with Crippen LogP contribution >= 0.6 is 0 Å². The zero-order valence-electron chi connectivity index (χ0n) is 14.8. The first kappa shape index (κ1) is 21.6. The van der Waals surface area contributed by atoms with Gasteiger partial charge in [0.2, 0.25) is 0 Å². The van der Waals surface area contributed by atoms with E-state index in [9.17, 15) is 4.79 Å². The largest absolute Gasteiger partial charge is 0.504 e. The quantitative estimate of drug-likeness (QED) is 0.258. The van der Waals surface area contributed by atoms with Crippen LogP contribution in [0.2, 0.25) is 6.04 Å². The standard InChI is InChI=1S/C16H34O5Si/c1-5-8-11-19-22(20-12-9-6-2,21-13-10-7-3)15-14-18-16(4)17/h5-15H2,1-4H3. The highest BCUT2D eigenvalue weighted by Crippen LogP contribution is 2.18. The van der Waals surface area contributed by atoms with Crippen LogP contribution in [0.15, 0.2) is 0 Å². The molecule has 0 amide bonds. The van der Waals surface area contributed by atoms with Gasteiger partial charge < -0.3 is 18.0 Å². The molecular weight excluding hydrogens is 300 g/mol. The maximum Gasteiger partial charge on any atom is 0.504 e. The molecule has 0 aliphatic carbocycles. The molecule has 0 spiro atoms. The van der Waals surface area contributed by atoms with Gasteiger partial charge in [0, 0.05) is 26.7 Å². The van der Waals surface area contributed by atoms with E-state index in [1.165, 1.54) is 6.92 Å². The lowest BCUT2D eigenvalue weighted by Crippen LogP contribution is -2.47. The van der Waals surface area contributed by atoms with Crippen LogP contribution in [0.3, 0.4) is 0 Å². The molecule has 5 nitrogen and oxygen atoms in total. The van der Waals surface area contributed by atoms with E-state index >= 15 is 0 Å². The Balaban J connectivity index is 4.64. The summed E-state index contributed by atoms with van der Waals surface area (Å²) in [7, 11) is -2.75. The van der Waals surface area contributed by atoms with Gasteiger partial charge in [0.1, 0.15) is 0 Å². The van der Waals surface area contributed by atoms with E-state index in [1.807, 2.05) is 0 Å². The summed E-state index contributed by atoms with van der Waals surface area (Å²) < 4.78 is 23.2. The Morgan fingerprint density at radius 3 is 1.50 bits per heavy atom. The molecule has 0 aliphatic heterocycles. The monoisotopic (exact) mass is 334 g/mol. The first-order valence-corrected chi connectivity index (χ1v) is 10.6. The van der Waals surface area contributed by atoms with Crippen molar-refractivity contribution in [3.8, 4) is 0 Å². The van der Waals surface area contributed by atoms with E-state index in [0.717, 1.165) is 38.5 Å². The Kier molecular flexibility index (Phi) is 13.9. The molecule has 0 aromatic heterocycles. The van der Waals surface area contributed by atoms with Crippen molar-refractivity contribution in [1.29, 1.82) is 0 Å². The number of carbonyl (C=O) groups is 1. The average molecular weight is 335 g/mol. The van der Waals surface area contributed by atoms with Crippen molar-refractivity contribution in [3.05, 3.63) is 0 Å². The van der Waals surface area contributed by atoms with Gasteiger partial charge in [0.15, 0.2) is 0 Å². The van der Waals surface area contributed by atoms with Crippen molar-refractivity contribution in [2.24, 2.45) is 0 Å². The van der Waals surface area contributed by atoms with Crippen molar-refractivity contribution >= 4 is 14.8 Å². The number of hydrogen-bond acceptors (Lipinski definition) is 5. The lowest BCUT2D eigenvalue weighted by Gasteiger charge is -2.29. The molecular formula is C16H34O5Si. The molecule has 0 bridgehead atoms. The zero-order chi connectivity index (χ0) is 16.7. The predicted octanol–water partition coefficient (Wildman–Crippen LogP) is 3.94. The Labute approximate surface area is 137 Å². The zero-order valence-corrected chi connectivity index (χ0v) is 15.8. The molecule has 0 aliphatic rings. The van der Waals surface area contributed by atoms with Crippen LogP contribution in [0.4, 0.5) is 0 Å². The van der Waals surface area contributed by atoms with Crippen molar-refractivity contribution in [2.45, 2.75) is 72.3 Å². The fourth-order valence-corrected chi connectivity index (χ4v) is 4.18. The smallest absolute Gasteiger partial charge is 0.466 e. The van der Waals surface area contributed by atoms with Gasteiger partial charge in [0.05, 0.1) is 12.7 Å². The minimum absolute atomic E-state index is 0.279. The molecule has 0 fully saturated rings. The molecule has 0 saturated carbocycles. The third-order valence-electron chi connectivity index (χ3n) is 3.17. The maximum absolute atomic E-state index is 11.0. The van der Waals surface area contributed by atoms with Crippen molar-refractivity contribution in [3.63, 3.8) is 0 Å². The molecule has 0 rings (SSSR count). The van der Waals surface area contributed by atoms with Gasteiger partial charge in [-0.15, -0.1) is 0 Å². The van der Waals surface area contributed by atoms with E-state index in [1.54, 1.807) is 0 Å². The van der Waals surface area contributed by atoms with Gasteiger partial charge >= 0.3 is 14.8 Å². The van der Waals surface area contributed by atoms with Crippen LogP contribution in [-0.4, -0.2) is 41.2 Å². The average Bonchev–Trinajstić information content (AvgIpc) is 2.47. The second-order valence-corrected chi connectivity index (χ2v) is 8.11. The Morgan fingerprint density at radius 1 is 0.773 bits per heavy atom. The first-order chi connectivity index (χ1) is 10.6. The fraction of sp³-hybridized carbons (Fsp3) is 0.938. The Morgan fingerprint density at radius 2 is 1.18 bits per heavy atom. The van der Waals surface area contributed by atoms with Crippen LogP contribution < -0.4 is 0 Å². The number of rotatable bonds is 15. The fourth-order valence-electron chi connectivity index (χ4n) is 1.78. The normalized spacial score (nSPS) is 11.6. The predicted molar refractivity (Wildman–Crippen MR) is 89.8 cm³/mol. The number of unbranched alkanes of at least 4 members (excludes halogenated alkanes) is 3. The summed E-state index contributed by atoms with van der Waals surface area (Å²) in [6, 6.07) is 0.531. The highest BCUT2D eigenvalue weighted by atomic mass is 28.4. The number of ether oxygens (including phenoxy) is 1. The number of esters is 1. The van der Waals surface area contributed by atoms with E-state index in [-0.39, 0.29) is 5.97 Å². The number of hydrogen-bond donors (Lipinski definition) is 0. The second kappa shape index (κ2) is 14.2. The highest BCUT2D eigenvalue weighted by Gasteiger charge is 2.41. The summed E-state index contributed by atoms with van der Waals surface area (Å²) in [4.78, 5) is 11.0. The van der Waals surface area contributed by atoms with Gasteiger partial charge in [-0.3, -0.25) is 4.79 Å². The number of carbonyl (C=O) groups excluding carboxylic acids is 1. The SMILES string of the molecule is CCCCO[Si](CCOC(C)=O)(OCCCC)OCCCC. The minimum atomic E-state index is -2.75. The summed E-state index contributed by atoms with van der Waals surface area (Å²) in [6.07, 6.45) is 6.15. The van der Waals surface area contributed by atoms with Crippen molar-refractivity contribution in [1.82, 2.24) is 0 Å². The molecule has 22 heavy (non-hydrogen) atoms. The van der Waals surface area contributed by atoms with Gasteiger partial charge in [-0.25, -0.2) is 0 Å². The molecule has 0 heterocycles. The summed E-state index contributed by atoms with van der Waals surface area (Å²) in [5, 5.41) is 0. The topological polar surface area (TPSA) is 54.0 Å². The van der Waals surface area contributed by atoms with Gasteiger partial charge in [-0.05, 0) is 19.3 Å².